The fourth-order valence-electron chi connectivity index (χ4n) is 0.671. The number of rotatable bonds is 5. The molecule has 0 aromatic heterocycles. The molecule has 0 spiro atoms. The van der Waals surface area contributed by atoms with Gasteiger partial charge in [0.25, 0.3) is 0 Å². The van der Waals surface area contributed by atoms with Gasteiger partial charge in [-0.1, -0.05) is 50.3 Å². The molecule has 82 valence electrons. The summed E-state index contributed by atoms with van der Waals surface area (Å²) in [5, 5.41) is 3.02. The first kappa shape index (κ1) is 15.6. The average molecular weight is 195 g/mol. The number of allylic oxidation sites excluding steroid dienone is 5. The molecular weight excluding hydrogens is 170 g/mol. The Morgan fingerprint density at radius 2 is 1.93 bits per heavy atom. The smallest absolute Gasteiger partial charge is 0.00546 e. The summed E-state index contributed by atoms with van der Waals surface area (Å²) in [5.41, 5.74) is 1.17. The fourth-order valence-corrected chi connectivity index (χ4v) is 0.671. The highest BCUT2D eigenvalue weighted by Gasteiger charge is 1.76. The molecule has 0 fully saturated rings. The average Bonchev–Trinajstić information content (AvgIpc) is 2.20. The van der Waals surface area contributed by atoms with E-state index in [0.717, 1.165) is 13.0 Å². The van der Waals surface area contributed by atoms with Crippen LogP contribution < -0.4 is 5.32 Å². The molecule has 0 rings (SSSR count). The third-order valence-electron chi connectivity index (χ3n) is 1.59. The predicted molar refractivity (Wildman–Crippen MR) is 67.6 cm³/mol. The van der Waals surface area contributed by atoms with E-state index in [4.69, 9.17) is 0 Å². The van der Waals surface area contributed by atoms with E-state index in [9.17, 15) is 0 Å². The van der Waals surface area contributed by atoms with Gasteiger partial charge in [0.15, 0.2) is 0 Å². The van der Waals surface area contributed by atoms with Gasteiger partial charge in [-0.05, 0) is 33.4 Å². The third kappa shape index (κ3) is 17.3. The van der Waals surface area contributed by atoms with Crippen molar-refractivity contribution in [3.8, 4) is 0 Å². The molecule has 0 saturated carbocycles. The Kier molecular flexibility index (Phi) is 16.4. The van der Waals surface area contributed by atoms with Crippen molar-refractivity contribution in [1.82, 2.24) is 5.32 Å². The lowest BCUT2D eigenvalue weighted by Gasteiger charge is -1.86. The number of hydrogen-bond acceptors (Lipinski definition) is 1. The second kappa shape index (κ2) is 14.7. The van der Waals surface area contributed by atoms with Crippen LogP contribution in [0, 0.1) is 0 Å². The highest BCUT2D eigenvalue weighted by Crippen LogP contribution is 1.97. The zero-order chi connectivity index (χ0) is 11.2. The van der Waals surface area contributed by atoms with Crippen molar-refractivity contribution in [3.05, 3.63) is 36.5 Å². The molecule has 1 nitrogen and oxygen atoms in total. The molecule has 0 bridgehead atoms. The first-order valence-electron chi connectivity index (χ1n) is 5.34. The van der Waals surface area contributed by atoms with Gasteiger partial charge in [0, 0.05) is 0 Å². The van der Waals surface area contributed by atoms with Gasteiger partial charge in [-0.25, -0.2) is 0 Å². The van der Waals surface area contributed by atoms with Gasteiger partial charge >= 0.3 is 0 Å². The second-order valence-electron chi connectivity index (χ2n) is 3.00. The zero-order valence-electron chi connectivity index (χ0n) is 10.1. The first-order valence-corrected chi connectivity index (χ1v) is 5.34. The van der Waals surface area contributed by atoms with Gasteiger partial charge in [0.05, 0.1) is 0 Å². The van der Waals surface area contributed by atoms with Gasteiger partial charge in [-0.2, -0.15) is 0 Å². The van der Waals surface area contributed by atoms with Gasteiger partial charge in [0.2, 0.25) is 0 Å². The van der Waals surface area contributed by atoms with Crippen LogP contribution in [0.1, 0.15) is 33.6 Å². The highest BCUT2D eigenvalue weighted by molar-refractivity contribution is 5.18. The lowest BCUT2D eigenvalue weighted by atomic mass is 10.2. The normalized spacial score (nSPS) is 10.3. The Hall–Kier alpha value is -0.820. The third-order valence-corrected chi connectivity index (χ3v) is 1.59. The van der Waals surface area contributed by atoms with E-state index in [1.807, 2.05) is 38.3 Å². The first-order chi connectivity index (χ1) is 6.72. The molecule has 1 N–H and O–H groups in total. The standard InChI is InChI=1S/C9H14.C4H11N/c1-4-6-7-8-9(3)5-2;1-3-4-5-2/h4,6-8H,3,5H2,1-2H3;5H,3-4H2,1-2H3/b6-4-,8-7-;. The minimum atomic E-state index is 1.04. The van der Waals surface area contributed by atoms with Crippen LogP contribution in [0.25, 0.3) is 0 Å². The van der Waals surface area contributed by atoms with E-state index in [0.29, 0.717) is 0 Å². The summed E-state index contributed by atoms with van der Waals surface area (Å²) in [6, 6.07) is 0. The van der Waals surface area contributed by atoms with Gasteiger partial charge < -0.3 is 5.32 Å². The highest BCUT2D eigenvalue weighted by atomic mass is 14.8. The number of nitrogens with one attached hydrogen (secondary N) is 1. The van der Waals surface area contributed by atoms with Crippen LogP contribution in [0.4, 0.5) is 0 Å². The van der Waals surface area contributed by atoms with Gasteiger partial charge in [-0.15, -0.1) is 0 Å². The van der Waals surface area contributed by atoms with Crippen LogP contribution in [-0.2, 0) is 0 Å². The maximum Gasteiger partial charge on any atom is -0.00546 e. The Labute approximate surface area is 89.6 Å². The van der Waals surface area contributed by atoms with E-state index in [2.05, 4.69) is 25.7 Å². The van der Waals surface area contributed by atoms with E-state index in [-0.39, 0.29) is 0 Å². The molecule has 0 aliphatic carbocycles. The maximum atomic E-state index is 3.82. The zero-order valence-corrected chi connectivity index (χ0v) is 10.1. The predicted octanol–water partition coefficient (Wildman–Crippen LogP) is 3.70. The number of hydrogen-bond donors (Lipinski definition) is 1. The second-order valence-corrected chi connectivity index (χ2v) is 3.00. The monoisotopic (exact) mass is 195 g/mol. The van der Waals surface area contributed by atoms with Crippen LogP contribution in [-0.4, -0.2) is 13.6 Å². The van der Waals surface area contributed by atoms with Crippen molar-refractivity contribution < 1.29 is 0 Å². The summed E-state index contributed by atoms with van der Waals surface area (Å²) in [7, 11) is 1.96. The Morgan fingerprint density at radius 1 is 1.29 bits per heavy atom. The SMILES string of the molecule is C=C(/C=C\C=C/C)CC.CCCNC. The summed E-state index contributed by atoms with van der Waals surface area (Å²) in [6.07, 6.45) is 10.3. The van der Waals surface area contributed by atoms with E-state index >= 15 is 0 Å². The quantitative estimate of drug-likeness (QED) is 0.660. The van der Waals surface area contributed by atoms with Crippen molar-refractivity contribution in [2.75, 3.05) is 13.6 Å². The minimum Gasteiger partial charge on any atom is -0.320 e. The lowest BCUT2D eigenvalue weighted by molar-refractivity contribution is 0.772. The molecule has 0 atom stereocenters. The molecule has 0 aliphatic heterocycles. The van der Waals surface area contributed by atoms with Crippen LogP contribution in [0.5, 0.6) is 0 Å². The summed E-state index contributed by atoms with van der Waals surface area (Å²) in [4.78, 5) is 0. The molecule has 1 heteroatoms. The lowest BCUT2D eigenvalue weighted by Crippen LogP contribution is -2.04. The van der Waals surface area contributed by atoms with Crippen LogP contribution in [0.2, 0.25) is 0 Å². The molecular formula is C13H25N. The van der Waals surface area contributed by atoms with Gasteiger partial charge in [-0.3, -0.25) is 0 Å². The van der Waals surface area contributed by atoms with Crippen LogP contribution >= 0.6 is 0 Å². The molecule has 0 radical (unpaired) electrons. The summed E-state index contributed by atoms with van der Waals surface area (Å²) < 4.78 is 0. The van der Waals surface area contributed by atoms with Crippen LogP contribution in [0.3, 0.4) is 0 Å². The Morgan fingerprint density at radius 3 is 2.21 bits per heavy atom. The minimum absolute atomic E-state index is 1.04. The maximum absolute atomic E-state index is 3.82. The fraction of sp³-hybridized carbons (Fsp3) is 0.538. The molecule has 0 aromatic rings. The van der Waals surface area contributed by atoms with Gasteiger partial charge in [0.1, 0.15) is 0 Å². The Balaban J connectivity index is 0. The van der Waals surface area contributed by atoms with E-state index in [1.54, 1.807) is 0 Å². The Bertz CT molecular complexity index is 164. The van der Waals surface area contributed by atoms with Crippen LogP contribution in [0.15, 0.2) is 36.5 Å². The largest absolute Gasteiger partial charge is 0.320 e. The van der Waals surface area contributed by atoms with E-state index < -0.39 is 0 Å². The van der Waals surface area contributed by atoms with Crippen molar-refractivity contribution in [2.45, 2.75) is 33.6 Å². The van der Waals surface area contributed by atoms with Crippen molar-refractivity contribution in [1.29, 1.82) is 0 Å². The molecule has 0 aromatic carbocycles. The summed E-state index contributed by atoms with van der Waals surface area (Å²) in [5.74, 6) is 0. The molecule has 14 heavy (non-hydrogen) atoms. The summed E-state index contributed by atoms with van der Waals surface area (Å²) in [6.45, 7) is 11.2. The van der Waals surface area contributed by atoms with Crippen molar-refractivity contribution in [2.24, 2.45) is 0 Å². The molecule has 0 heterocycles. The van der Waals surface area contributed by atoms with Crippen molar-refractivity contribution >= 4 is 0 Å². The topological polar surface area (TPSA) is 12.0 Å². The molecule has 0 amide bonds. The molecule has 0 aliphatic rings. The molecule has 0 unspecified atom stereocenters. The molecule has 0 saturated heterocycles. The summed E-state index contributed by atoms with van der Waals surface area (Å²) >= 11 is 0. The van der Waals surface area contributed by atoms with Crippen molar-refractivity contribution in [3.63, 3.8) is 0 Å². The van der Waals surface area contributed by atoms with E-state index in [1.165, 1.54) is 12.0 Å².